The Bertz CT molecular complexity index is 469. The first-order valence-electron chi connectivity index (χ1n) is 6.80. The summed E-state index contributed by atoms with van der Waals surface area (Å²) < 4.78 is 5.47. The summed E-state index contributed by atoms with van der Waals surface area (Å²) in [4.78, 5) is 11.7. The predicted molar refractivity (Wildman–Crippen MR) is 69.1 cm³/mol. The van der Waals surface area contributed by atoms with Gasteiger partial charge < -0.3 is 14.9 Å². The van der Waals surface area contributed by atoms with Crippen molar-refractivity contribution in [3.8, 4) is 0 Å². The molecule has 19 heavy (non-hydrogen) atoms. The van der Waals surface area contributed by atoms with Crippen molar-refractivity contribution in [2.24, 2.45) is 17.3 Å². The van der Waals surface area contributed by atoms with Crippen LogP contribution in [0.15, 0.2) is 24.3 Å². The molecule has 1 aliphatic heterocycles. The lowest BCUT2D eigenvalue weighted by molar-refractivity contribution is -0.162. The van der Waals surface area contributed by atoms with Crippen molar-refractivity contribution >= 4 is 5.97 Å². The lowest BCUT2D eigenvalue weighted by Gasteiger charge is -2.53. The molecule has 0 aromatic carbocycles. The van der Waals surface area contributed by atoms with Gasteiger partial charge in [0, 0.05) is 22.8 Å². The van der Waals surface area contributed by atoms with E-state index in [1.54, 1.807) is 0 Å². The highest BCUT2D eigenvalue weighted by molar-refractivity contribution is 5.91. The minimum Gasteiger partial charge on any atom is -0.458 e. The van der Waals surface area contributed by atoms with Crippen LogP contribution in [0.4, 0.5) is 0 Å². The lowest BCUT2D eigenvalue weighted by atomic mass is 9.53. The van der Waals surface area contributed by atoms with Crippen LogP contribution in [0.3, 0.4) is 0 Å². The first-order chi connectivity index (χ1) is 8.86. The fraction of sp³-hybridized carbons (Fsp3) is 0.667. The van der Waals surface area contributed by atoms with Gasteiger partial charge in [-0.2, -0.15) is 0 Å². The standard InChI is InChI=1S/C15H20O4/c1-7-6-10(16)13(17)15(3)5-4-9-8(2)14(18)19-12(9)11(7)15/h9-13,16-17H,1-2,4-6H2,3H3. The summed E-state index contributed by atoms with van der Waals surface area (Å²) in [6.07, 6.45) is 0.0372. The van der Waals surface area contributed by atoms with Crippen LogP contribution in [0.25, 0.3) is 0 Å². The molecule has 6 atom stereocenters. The van der Waals surface area contributed by atoms with E-state index in [0.29, 0.717) is 12.0 Å². The molecular formula is C15H20O4. The van der Waals surface area contributed by atoms with Gasteiger partial charge in [0.15, 0.2) is 0 Å². The van der Waals surface area contributed by atoms with Gasteiger partial charge in [0.25, 0.3) is 0 Å². The Kier molecular flexibility index (Phi) is 2.67. The molecule has 2 aliphatic carbocycles. The van der Waals surface area contributed by atoms with Gasteiger partial charge in [-0.15, -0.1) is 0 Å². The van der Waals surface area contributed by atoms with Crippen LogP contribution >= 0.6 is 0 Å². The van der Waals surface area contributed by atoms with E-state index in [0.717, 1.165) is 18.4 Å². The summed E-state index contributed by atoms with van der Waals surface area (Å²) in [5.41, 5.74) is 0.943. The SMILES string of the molecule is C=C1C(=O)OC2C1CCC1(C)C(O)C(O)CC(=C)C21. The number of carbonyl (C=O) groups excluding carboxylic acids is 1. The molecule has 104 valence electrons. The molecular weight excluding hydrogens is 244 g/mol. The fourth-order valence-corrected chi connectivity index (χ4v) is 4.24. The second-order valence-corrected chi connectivity index (χ2v) is 6.40. The Balaban J connectivity index is 2.00. The fourth-order valence-electron chi connectivity index (χ4n) is 4.24. The summed E-state index contributed by atoms with van der Waals surface area (Å²) in [5, 5.41) is 20.3. The maximum absolute atomic E-state index is 11.7. The van der Waals surface area contributed by atoms with E-state index >= 15 is 0 Å². The first-order valence-corrected chi connectivity index (χ1v) is 6.80. The minimum atomic E-state index is -0.795. The first kappa shape index (κ1) is 12.9. The van der Waals surface area contributed by atoms with Crippen LogP contribution < -0.4 is 0 Å². The molecule has 3 aliphatic rings. The highest BCUT2D eigenvalue weighted by atomic mass is 16.6. The smallest absolute Gasteiger partial charge is 0.334 e. The average Bonchev–Trinajstić information content (AvgIpc) is 2.62. The van der Waals surface area contributed by atoms with E-state index in [2.05, 4.69) is 13.2 Å². The number of hydrogen-bond donors (Lipinski definition) is 2. The topological polar surface area (TPSA) is 66.8 Å². The molecule has 0 spiro atoms. The summed E-state index contributed by atoms with van der Waals surface area (Å²) in [5.74, 6) is -0.384. The zero-order chi connectivity index (χ0) is 13.9. The molecule has 2 N–H and O–H groups in total. The van der Waals surface area contributed by atoms with E-state index in [1.165, 1.54) is 0 Å². The highest BCUT2D eigenvalue weighted by Crippen LogP contribution is 2.57. The number of rotatable bonds is 0. The van der Waals surface area contributed by atoms with Crippen LogP contribution in [0.2, 0.25) is 0 Å². The molecule has 3 rings (SSSR count). The zero-order valence-electron chi connectivity index (χ0n) is 11.1. The molecule has 4 nitrogen and oxygen atoms in total. The number of aliphatic hydroxyl groups is 2. The zero-order valence-corrected chi connectivity index (χ0v) is 11.1. The van der Waals surface area contributed by atoms with Gasteiger partial charge in [-0.05, 0) is 19.3 Å². The molecule has 1 heterocycles. The largest absolute Gasteiger partial charge is 0.458 e. The van der Waals surface area contributed by atoms with Gasteiger partial charge in [0.2, 0.25) is 0 Å². The molecule has 0 aromatic rings. The third kappa shape index (κ3) is 1.56. The van der Waals surface area contributed by atoms with Gasteiger partial charge in [-0.3, -0.25) is 0 Å². The second kappa shape index (κ2) is 3.93. The number of carbonyl (C=O) groups is 1. The molecule has 6 unspecified atom stereocenters. The van der Waals surface area contributed by atoms with E-state index in [-0.39, 0.29) is 23.9 Å². The number of fused-ring (bicyclic) bond motifs is 3. The number of hydrogen-bond acceptors (Lipinski definition) is 4. The summed E-state index contributed by atoms with van der Waals surface area (Å²) in [6, 6.07) is 0. The molecule has 2 saturated carbocycles. The quantitative estimate of drug-likeness (QED) is 0.392. The number of ether oxygens (including phenoxy) is 1. The van der Waals surface area contributed by atoms with E-state index in [4.69, 9.17) is 4.74 Å². The summed E-state index contributed by atoms with van der Waals surface area (Å²) in [7, 11) is 0. The van der Waals surface area contributed by atoms with Crippen LogP contribution in [-0.4, -0.2) is 34.5 Å². The number of aliphatic hydroxyl groups excluding tert-OH is 2. The van der Waals surface area contributed by atoms with Crippen molar-refractivity contribution in [3.63, 3.8) is 0 Å². The Morgan fingerprint density at radius 2 is 2.05 bits per heavy atom. The van der Waals surface area contributed by atoms with Gasteiger partial charge in [-0.25, -0.2) is 4.79 Å². The van der Waals surface area contributed by atoms with E-state index < -0.39 is 17.6 Å². The normalized spacial score (nSPS) is 49.6. The minimum absolute atomic E-state index is 0.0322. The Hall–Kier alpha value is -1.13. The van der Waals surface area contributed by atoms with Crippen LogP contribution in [-0.2, 0) is 9.53 Å². The summed E-state index contributed by atoms with van der Waals surface area (Å²) >= 11 is 0. The molecule has 0 amide bonds. The third-order valence-electron chi connectivity index (χ3n) is 5.33. The summed E-state index contributed by atoms with van der Waals surface area (Å²) in [6.45, 7) is 9.83. The van der Waals surface area contributed by atoms with Crippen LogP contribution in [0.1, 0.15) is 26.2 Å². The molecule has 4 heteroatoms. The van der Waals surface area contributed by atoms with Crippen LogP contribution in [0, 0.1) is 17.3 Å². The maximum atomic E-state index is 11.7. The third-order valence-corrected chi connectivity index (χ3v) is 5.33. The lowest BCUT2D eigenvalue weighted by Crippen LogP contribution is -2.57. The van der Waals surface area contributed by atoms with Crippen molar-refractivity contribution in [2.45, 2.75) is 44.5 Å². The Morgan fingerprint density at radius 1 is 1.37 bits per heavy atom. The molecule has 1 saturated heterocycles. The van der Waals surface area contributed by atoms with Crippen molar-refractivity contribution in [1.82, 2.24) is 0 Å². The Labute approximate surface area is 112 Å². The van der Waals surface area contributed by atoms with Gasteiger partial charge in [0.1, 0.15) is 6.10 Å². The van der Waals surface area contributed by atoms with Crippen molar-refractivity contribution in [2.75, 3.05) is 0 Å². The Morgan fingerprint density at radius 3 is 2.74 bits per heavy atom. The molecule has 0 aromatic heterocycles. The van der Waals surface area contributed by atoms with Gasteiger partial charge in [0.05, 0.1) is 12.2 Å². The van der Waals surface area contributed by atoms with Crippen molar-refractivity contribution < 1.29 is 19.7 Å². The number of esters is 1. The predicted octanol–water partition coefficient (Wildman–Crippen LogP) is 1.18. The van der Waals surface area contributed by atoms with Crippen molar-refractivity contribution in [1.29, 1.82) is 0 Å². The van der Waals surface area contributed by atoms with Gasteiger partial charge >= 0.3 is 5.97 Å². The van der Waals surface area contributed by atoms with Gasteiger partial charge in [-0.1, -0.05) is 25.7 Å². The monoisotopic (exact) mass is 264 g/mol. The van der Waals surface area contributed by atoms with Crippen molar-refractivity contribution in [3.05, 3.63) is 24.3 Å². The maximum Gasteiger partial charge on any atom is 0.334 e. The van der Waals surface area contributed by atoms with Crippen LogP contribution in [0.5, 0.6) is 0 Å². The van der Waals surface area contributed by atoms with E-state index in [9.17, 15) is 15.0 Å². The highest BCUT2D eigenvalue weighted by Gasteiger charge is 2.59. The van der Waals surface area contributed by atoms with E-state index in [1.807, 2.05) is 6.92 Å². The molecule has 3 fully saturated rings. The molecule has 0 bridgehead atoms. The molecule has 0 radical (unpaired) electrons. The second-order valence-electron chi connectivity index (χ2n) is 6.40. The average molecular weight is 264 g/mol.